The largest absolute Gasteiger partial charge is 0.495 e. The van der Waals surface area contributed by atoms with E-state index in [1.807, 2.05) is 43.3 Å². The summed E-state index contributed by atoms with van der Waals surface area (Å²) in [6.07, 6.45) is 1.64. The number of nitrogens with one attached hydrogen (secondary N) is 1. The van der Waals surface area contributed by atoms with E-state index in [4.69, 9.17) is 14.5 Å². The van der Waals surface area contributed by atoms with Gasteiger partial charge in [-0.3, -0.25) is 9.78 Å². The number of anilines is 1. The minimum absolute atomic E-state index is 0.415. The quantitative estimate of drug-likeness (QED) is 0.644. The number of carbonyl (C=O) groups is 2. The first-order chi connectivity index (χ1) is 14.5. The Balaban J connectivity index is 1.58. The number of hydrogen-bond donors (Lipinski definition) is 1. The van der Waals surface area contributed by atoms with Gasteiger partial charge in [0.2, 0.25) is 0 Å². The third-order valence-electron chi connectivity index (χ3n) is 5.39. The van der Waals surface area contributed by atoms with Crippen molar-refractivity contribution < 1.29 is 19.1 Å². The fraction of sp³-hybridized carbons (Fsp3) is 0.292. The molecule has 6 heteroatoms. The molecule has 1 N–H and O–H groups in total. The van der Waals surface area contributed by atoms with Crippen LogP contribution in [0.15, 0.2) is 42.5 Å². The highest BCUT2D eigenvalue weighted by Gasteiger charge is 2.27. The molecule has 4 rings (SSSR count). The molecule has 6 nitrogen and oxygen atoms in total. The van der Waals surface area contributed by atoms with E-state index in [9.17, 15) is 9.59 Å². The lowest BCUT2D eigenvalue weighted by Crippen LogP contribution is -2.30. The number of ether oxygens (including phenoxy) is 2. The SMILES string of the molecule is COc1ccc(C)cc1NC(=O)[C@H](C)OC(=O)c1c2c(nc3ccccc13)CCC2. The van der Waals surface area contributed by atoms with Crippen molar-refractivity contribution >= 4 is 28.5 Å². The maximum Gasteiger partial charge on any atom is 0.339 e. The number of fused-ring (bicyclic) bond motifs is 2. The van der Waals surface area contributed by atoms with Crippen LogP contribution in [0, 0.1) is 6.92 Å². The van der Waals surface area contributed by atoms with Crippen molar-refractivity contribution in [2.75, 3.05) is 12.4 Å². The van der Waals surface area contributed by atoms with E-state index in [1.54, 1.807) is 20.1 Å². The molecule has 30 heavy (non-hydrogen) atoms. The fourth-order valence-electron chi connectivity index (χ4n) is 3.87. The molecule has 1 aromatic heterocycles. The molecule has 0 aliphatic heterocycles. The third-order valence-corrected chi connectivity index (χ3v) is 5.39. The summed E-state index contributed by atoms with van der Waals surface area (Å²) < 4.78 is 10.9. The Bertz CT molecular complexity index is 1140. The molecule has 0 fully saturated rings. The van der Waals surface area contributed by atoms with Crippen LogP contribution in [0.4, 0.5) is 5.69 Å². The highest BCUT2D eigenvalue weighted by molar-refractivity contribution is 6.06. The van der Waals surface area contributed by atoms with Crippen molar-refractivity contribution in [2.45, 2.75) is 39.2 Å². The van der Waals surface area contributed by atoms with Gasteiger partial charge in [-0.1, -0.05) is 24.3 Å². The van der Waals surface area contributed by atoms with Crippen LogP contribution in [-0.2, 0) is 22.4 Å². The van der Waals surface area contributed by atoms with E-state index in [2.05, 4.69) is 5.32 Å². The predicted octanol–water partition coefficient (Wildman–Crippen LogP) is 4.22. The molecule has 0 bridgehead atoms. The van der Waals surface area contributed by atoms with E-state index in [-0.39, 0.29) is 0 Å². The van der Waals surface area contributed by atoms with Gasteiger partial charge in [0.25, 0.3) is 5.91 Å². The summed E-state index contributed by atoms with van der Waals surface area (Å²) in [4.78, 5) is 30.5. The van der Waals surface area contributed by atoms with Crippen molar-refractivity contribution in [2.24, 2.45) is 0 Å². The molecule has 0 saturated carbocycles. The number of esters is 1. The van der Waals surface area contributed by atoms with E-state index in [1.165, 1.54) is 0 Å². The second-order valence-corrected chi connectivity index (χ2v) is 7.52. The zero-order chi connectivity index (χ0) is 21.3. The van der Waals surface area contributed by atoms with Crippen LogP contribution in [0.1, 0.15) is 40.5 Å². The van der Waals surface area contributed by atoms with Gasteiger partial charge in [-0.15, -0.1) is 0 Å². The van der Waals surface area contributed by atoms with Crippen LogP contribution in [0.25, 0.3) is 10.9 Å². The number of aryl methyl sites for hydroxylation is 2. The van der Waals surface area contributed by atoms with Crippen molar-refractivity contribution in [3.05, 3.63) is 64.8 Å². The van der Waals surface area contributed by atoms with Crippen LogP contribution >= 0.6 is 0 Å². The van der Waals surface area contributed by atoms with Crippen LogP contribution < -0.4 is 10.1 Å². The predicted molar refractivity (Wildman–Crippen MR) is 115 cm³/mol. The number of rotatable bonds is 5. The molecule has 1 aliphatic rings. The highest BCUT2D eigenvalue weighted by atomic mass is 16.5. The Hall–Kier alpha value is -3.41. The molecular formula is C24H24N2O4. The average Bonchev–Trinajstić information content (AvgIpc) is 3.19. The lowest BCUT2D eigenvalue weighted by atomic mass is 10.0. The first-order valence-corrected chi connectivity index (χ1v) is 10.0. The number of hydrogen-bond acceptors (Lipinski definition) is 5. The molecule has 3 aromatic rings. The molecule has 1 amide bonds. The number of methoxy groups -OCH3 is 1. The molecule has 1 aliphatic carbocycles. The zero-order valence-electron chi connectivity index (χ0n) is 17.3. The van der Waals surface area contributed by atoms with Crippen LogP contribution in [-0.4, -0.2) is 30.1 Å². The second kappa shape index (κ2) is 8.14. The molecule has 1 heterocycles. The molecular weight excluding hydrogens is 380 g/mol. The first kappa shape index (κ1) is 19.9. The fourth-order valence-corrected chi connectivity index (χ4v) is 3.87. The summed E-state index contributed by atoms with van der Waals surface area (Å²) in [5.74, 6) is -0.363. The number of carbonyl (C=O) groups excluding carboxylic acids is 2. The number of para-hydroxylation sites is 1. The van der Waals surface area contributed by atoms with E-state index >= 15 is 0 Å². The number of benzene rings is 2. The van der Waals surface area contributed by atoms with Gasteiger partial charge in [-0.25, -0.2) is 4.79 Å². The van der Waals surface area contributed by atoms with Crippen molar-refractivity contribution in [1.29, 1.82) is 0 Å². The Labute approximate surface area is 175 Å². The molecule has 2 aromatic carbocycles. The van der Waals surface area contributed by atoms with Crippen molar-refractivity contribution in [3.63, 3.8) is 0 Å². The third kappa shape index (κ3) is 3.73. The summed E-state index contributed by atoms with van der Waals surface area (Å²) in [6, 6.07) is 13.0. The van der Waals surface area contributed by atoms with E-state index in [0.29, 0.717) is 17.0 Å². The minimum Gasteiger partial charge on any atom is -0.495 e. The van der Waals surface area contributed by atoms with Gasteiger partial charge in [0.15, 0.2) is 6.10 Å². The van der Waals surface area contributed by atoms with Gasteiger partial charge in [0.05, 0.1) is 23.9 Å². The van der Waals surface area contributed by atoms with Gasteiger partial charge < -0.3 is 14.8 Å². The van der Waals surface area contributed by atoms with E-state index in [0.717, 1.165) is 47.0 Å². The summed E-state index contributed by atoms with van der Waals surface area (Å²) >= 11 is 0. The number of nitrogens with zero attached hydrogens (tertiary/aromatic N) is 1. The molecule has 0 radical (unpaired) electrons. The first-order valence-electron chi connectivity index (χ1n) is 10.0. The maximum atomic E-state index is 13.1. The van der Waals surface area contributed by atoms with Crippen LogP contribution in [0.5, 0.6) is 5.75 Å². The van der Waals surface area contributed by atoms with Crippen LogP contribution in [0.3, 0.4) is 0 Å². The summed E-state index contributed by atoms with van der Waals surface area (Å²) in [6.45, 7) is 3.49. The van der Waals surface area contributed by atoms with Gasteiger partial charge in [-0.05, 0) is 62.4 Å². The maximum absolute atomic E-state index is 13.1. The van der Waals surface area contributed by atoms with Crippen LogP contribution in [0.2, 0.25) is 0 Å². The summed E-state index contributed by atoms with van der Waals surface area (Å²) in [5, 5.41) is 3.56. The topological polar surface area (TPSA) is 77.5 Å². The monoisotopic (exact) mass is 404 g/mol. The molecule has 0 saturated heterocycles. The van der Waals surface area contributed by atoms with Crippen molar-refractivity contribution in [1.82, 2.24) is 4.98 Å². The van der Waals surface area contributed by atoms with Gasteiger partial charge in [0.1, 0.15) is 5.75 Å². The molecule has 0 spiro atoms. The minimum atomic E-state index is -0.966. The number of pyridine rings is 1. The normalized spacial score (nSPS) is 13.6. The number of aromatic nitrogens is 1. The Morgan fingerprint density at radius 3 is 2.73 bits per heavy atom. The van der Waals surface area contributed by atoms with Gasteiger partial charge in [-0.2, -0.15) is 0 Å². The Morgan fingerprint density at radius 2 is 1.93 bits per heavy atom. The summed E-state index contributed by atoms with van der Waals surface area (Å²) in [5.41, 5.74) is 4.71. The lowest BCUT2D eigenvalue weighted by Gasteiger charge is -2.17. The smallest absolute Gasteiger partial charge is 0.339 e. The highest BCUT2D eigenvalue weighted by Crippen LogP contribution is 2.31. The molecule has 1 atom stereocenters. The van der Waals surface area contributed by atoms with Gasteiger partial charge >= 0.3 is 5.97 Å². The Kier molecular flexibility index (Phi) is 5.40. The van der Waals surface area contributed by atoms with Crippen molar-refractivity contribution in [3.8, 4) is 5.75 Å². The standard InChI is InChI=1S/C24H24N2O4/c1-14-11-12-21(29-3)20(13-14)26-23(27)15(2)30-24(28)22-16-7-4-5-9-18(16)25-19-10-6-8-17(19)22/h4-5,7,9,11-13,15H,6,8,10H2,1-3H3,(H,26,27)/t15-/m0/s1. The molecule has 154 valence electrons. The summed E-state index contributed by atoms with van der Waals surface area (Å²) in [7, 11) is 1.54. The average molecular weight is 404 g/mol. The zero-order valence-corrected chi connectivity index (χ0v) is 17.3. The Morgan fingerprint density at radius 1 is 1.13 bits per heavy atom. The lowest BCUT2D eigenvalue weighted by molar-refractivity contribution is -0.123. The van der Waals surface area contributed by atoms with E-state index < -0.39 is 18.0 Å². The second-order valence-electron chi connectivity index (χ2n) is 7.52. The number of amides is 1. The molecule has 0 unspecified atom stereocenters. The van der Waals surface area contributed by atoms with Gasteiger partial charge in [0, 0.05) is 11.1 Å².